The smallest absolute Gasteiger partial charge is 0.423 e. The Kier molecular flexibility index (Phi) is 2.94. The molecule has 1 aromatic heterocycles. The number of carbonyl (C=O) groups is 1. The molecule has 3 nitrogen and oxygen atoms in total. The van der Waals surface area contributed by atoms with Gasteiger partial charge in [0.2, 0.25) is 0 Å². The predicted octanol–water partition coefficient (Wildman–Crippen LogP) is 2.18. The van der Waals surface area contributed by atoms with Gasteiger partial charge in [-0.2, -0.15) is 30.9 Å². The average Bonchev–Trinajstić information content (AvgIpc) is 2.25. The molecule has 0 atom stereocenters. The third-order valence-electron chi connectivity index (χ3n) is 2.53. The van der Waals surface area contributed by atoms with E-state index < -0.39 is 35.1 Å². The Morgan fingerprint density at radius 1 is 1.11 bits per heavy atom. The molecule has 19 heavy (non-hydrogen) atoms. The number of esters is 1. The van der Waals surface area contributed by atoms with Crippen LogP contribution in [0.15, 0.2) is 12.3 Å². The van der Waals surface area contributed by atoms with Crippen molar-refractivity contribution >= 4 is 5.97 Å². The zero-order valence-electron chi connectivity index (χ0n) is 9.10. The Bertz CT molecular complexity index is 534. The fourth-order valence-electron chi connectivity index (χ4n) is 1.73. The van der Waals surface area contributed by atoms with E-state index in [9.17, 15) is 31.1 Å². The number of rotatable bonds is 0. The maximum atomic E-state index is 12.7. The summed E-state index contributed by atoms with van der Waals surface area (Å²) in [5.41, 5.74) is -4.02. The van der Waals surface area contributed by atoms with Crippen LogP contribution in [0.3, 0.4) is 0 Å². The van der Waals surface area contributed by atoms with Crippen molar-refractivity contribution in [2.24, 2.45) is 0 Å². The Hall–Kier alpha value is -1.80. The van der Waals surface area contributed by atoms with Crippen LogP contribution < -0.4 is 4.57 Å². The first-order chi connectivity index (χ1) is 8.60. The van der Waals surface area contributed by atoms with E-state index in [-0.39, 0.29) is 19.2 Å². The van der Waals surface area contributed by atoms with Crippen molar-refractivity contribution in [2.45, 2.75) is 18.9 Å². The van der Waals surface area contributed by atoms with Gasteiger partial charge in [0.1, 0.15) is 11.1 Å². The number of fused-ring (bicyclic) bond motifs is 1. The standard InChI is InChI=1S/C10H6F6NO2/c11-9(12,13)5-3-6(10(14,15)16)7-8(18)19-2-1-17(7)4-5/h3-4H,1-2H2/q+1. The lowest BCUT2D eigenvalue weighted by Crippen LogP contribution is -2.49. The number of alkyl halides is 6. The lowest BCUT2D eigenvalue weighted by atomic mass is 10.1. The monoisotopic (exact) mass is 286 g/mol. The van der Waals surface area contributed by atoms with Gasteiger partial charge in [-0.1, -0.05) is 0 Å². The molecule has 2 heterocycles. The highest BCUT2D eigenvalue weighted by Gasteiger charge is 2.47. The summed E-state index contributed by atoms with van der Waals surface area (Å²) < 4.78 is 80.8. The molecule has 9 heteroatoms. The molecule has 0 N–H and O–H groups in total. The van der Waals surface area contributed by atoms with Crippen molar-refractivity contribution in [1.29, 1.82) is 0 Å². The van der Waals surface area contributed by atoms with Crippen molar-refractivity contribution in [3.63, 3.8) is 0 Å². The van der Waals surface area contributed by atoms with Gasteiger partial charge in [0, 0.05) is 0 Å². The molecule has 0 bridgehead atoms. The number of cyclic esters (lactones) is 1. The fraction of sp³-hybridized carbons (Fsp3) is 0.400. The number of ether oxygens (including phenoxy) is 1. The minimum Gasteiger partial charge on any atom is -0.451 e. The highest BCUT2D eigenvalue weighted by molar-refractivity contribution is 5.87. The van der Waals surface area contributed by atoms with E-state index in [1.807, 2.05) is 0 Å². The molecule has 0 saturated heterocycles. The quantitative estimate of drug-likeness (QED) is 0.416. The van der Waals surface area contributed by atoms with Crippen LogP contribution in [-0.4, -0.2) is 12.6 Å². The minimum atomic E-state index is -5.07. The summed E-state index contributed by atoms with van der Waals surface area (Å²) in [6.45, 7) is -0.525. The van der Waals surface area contributed by atoms with Crippen molar-refractivity contribution in [3.05, 3.63) is 29.1 Å². The van der Waals surface area contributed by atoms with Crippen LogP contribution in [-0.2, 0) is 23.6 Å². The summed E-state index contributed by atoms with van der Waals surface area (Å²) in [4.78, 5) is 11.3. The average molecular weight is 286 g/mol. The van der Waals surface area contributed by atoms with E-state index in [0.717, 1.165) is 0 Å². The second kappa shape index (κ2) is 4.10. The maximum absolute atomic E-state index is 12.7. The molecule has 0 spiro atoms. The van der Waals surface area contributed by atoms with Crippen LogP contribution in [0, 0.1) is 0 Å². The largest absolute Gasteiger partial charge is 0.451 e. The molecule has 1 aromatic rings. The fourth-order valence-corrected chi connectivity index (χ4v) is 1.73. The Labute approximate surface area is 102 Å². The van der Waals surface area contributed by atoms with Crippen molar-refractivity contribution in [2.75, 3.05) is 6.61 Å². The highest BCUT2D eigenvalue weighted by atomic mass is 19.4. The summed E-state index contributed by atoms with van der Waals surface area (Å²) in [6.07, 6.45) is -9.52. The lowest BCUT2D eigenvalue weighted by molar-refractivity contribution is -0.707. The van der Waals surface area contributed by atoms with Crippen LogP contribution in [0.2, 0.25) is 0 Å². The molecule has 0 unspecified atom stereocenters. The van der Waals surface area contributed by atoms with Gasteiger partial charge in [-0.15, -0.1) is 0 Å². The number of carbonyl (C=O) groups excluding carboxylic acids is 1. The zero-order chi connectivity index (χ0) is 14.4. The third-order valence-corrected chi connectivity index (χ3v) is 2.53. The second-order valence-electron chi connectivity index (χ2n) is 3.82. The van der Waals surface area contributed by atoms with Crippen LogP contribution in [0.4, 0.5) is 26.3 Å². The molecule has 0 amide bonds. The van der Waals surface area contributed by atoms with Crippen LogP contribution >= 0.6 is 0 Å². The summed E-state index contributed by atoms with van der Waals surface area (Å²) in [6, 6.07) is -0.0849. The normalized spacial score (nSPS) is 16.0. The summed E-state index contributed by atoms with van der Waals surface area (Å²) >= 11 is 0. The highest BCUT2D eigenvalue weighted by Crippen LogP contribution is 2.36. The van der Waals surface area contributed by atoms with Gasteiger partial charge in [0.05, 0.1) is 0 Å². The number of hydrogen-bond acceptors (Lipinski definition) is 2. The van der Waals surface area contributed by atoms with E-state index >= 15 is 0 Å². The van der Waals surface area contributed by atoms with Crippen LogP contribution in [0.25, 0.3) is 0 Å². The number of halogens is 6. The molecule has 2 rings (SSSR count). The number of nitrogens with zero attached hydrogens (tertiary/aromatic N) is 1. The predicted molar refractivity (Wildman–Crippen MR) is 46.9 cm³/mol. The van der Waals surface area contributed by atoms with Gasteiger partial charge in [-0.25, -0.2) is 4.79 Å². The van der Waals surface area contributed by atoms with Crippen molar-refractivity contribution < 1.29 is 40.4 Å². The molecule has 0 saturated carbocycles. The number of pyridine rings is 1. The van der Waals surface area contributed by atoms with E-state index in [2.05, 4.69) is 4.74 Å². The van der Waals surface area contributed by atoms with Gasteiger partial charge in [-0.3, -0.25) is 0 Å². The summed E-state index contributed by atoms with van der Waals surface area (Å²) in [5.74, 6) is -1.28. The Morgan fingerprint density at radius 2 is 1.74 bits per heavy atom. The topological polar surface area (TPSA) is 30.2 Å². The first-order valence-corrected chi connectivity index (χ1v) is 4.99. The summed E-state index contributed by atoms with van der Waals surface area (Å²) in [7, 11) is 0. The Morgan fingerprint density at radius 3 is 2.26 bits per heavy atom. The molecule has 104 valence electrons. The minimum absolute atomic E-state index is 0.0849. The second-order valence-corrected chi connectivity index (χ2v) is 3.82. The molecular weight excluding hydrogens is 280 g/mol. The van der Waals surface area contributed by atoms with Gasteiger partial charge in [0.15, 0.2) is 19.3 Å². The van der Waals surface area contributed by atoms with Crippen LogP contribution in [0.1, 0.15) is 21.6 Å². The number of aromatic nitrogens is 1. The van der Waals surface area contributed by atoms with Gasteiger partial charge < -0.3 is 4.74 Å². The van der Waals surface area contributed by atoms with E-state index in [0.29, 0.717) is 10.8 Å². The first kappa shape index (κ1) is 13.6. The van der Waals surface area contributed by atoms with E-state index in [1.54, 1.807) is 0 Å². The van der Waals surface area contributed by atoms with Crippen molar-refractivity contribution in [1.82, 2.24) is 0 Å². The molecule has 0 radical (unpaired) electrons. The Balaban J connectivity index is 2.72. The molecule has 0 aliphatic carbocycles. The molecular formula is C10H6F6NO2+. The van der Waals surface area contributed by atoms with Crippen molar-refractivity contribution in [3.8, 4) is 0 Å². The molecule has 0 aromatic carbocycles. The van der Waals surface area contributed by atoms with Gasteiger partial charge in [-0.05, 0) is 6.07 Å². The third kappa shape index (κ3) is 2.49. The number of hydrogen-bond donors (Lipinski definition) is 0. The molecule has 0 fully saturated rings. The van der Waals surface area contributed by atoms with E-state index in [1.165, 1.54) is 0 Å². The maximum Gasteiger partial charge on any atom is 0.423 e. The first-order valence-electron chi connectivity index (χ1n) is 4.99. The molecule has 1 aliphatic heterocycles. The lowest BCUT2D eigenvalue weighted by Gasteiger charge is -2.17. The summed E-state index contributed by atoms with van der Waals surface area (Å²) in [5, 5.41) is 0. The van der Waals surface area contributed by atoms with E-state index in [4.69, 9.17) is 0 Å². The van der Waals surface area contributed by atoms with Gasteiger partial charge in [0.25, 0.3) is 0 Å². The van der Waals surface area contributed by atoms with Gasteiger partial charge >= 0.3 is 24.0 Å². The zero-order valence-corrected chi connectivity index (χ0v) is 9.10. The SMILES string of the molecule is O=C1OCC[n+]2cc(C(F)(F)F)cc(C(F)(F)F)c21. The van der Waals surface area contributed by atoms with Crippen LogP contribution in [0.5, 0.6) is 0 Å². The molecule has 1 aliphatic rings.